The van der Waals surface area contributed by atoms with Crippen LogP contribution < -0.4 is 10.6 Å². The lowest BCUT2D eigenvalue weighted by molar-refractivity contribution is -0.137. The van der Waals surface area contributed by atoms with E-state index in [1.165, 1.54) is 6.20 Å². The molecule has 1 aliphatic rings. The van der Waals surface area contributed by atoms with Crippen molar-refractivity contribution in [3.8, 4) is 0 Å². The predicted octanol–water partition coefficient (Wildman–Crippen LogP) is 2.17. The molecule has 0 unspecified atom stereocenters. The van der Waals surface area contributed by atoms with Crippen LogP contribution in [-0.2, 0) is 11.0 Å². The van der Waals surface area contributed by atoms with E-state index in [2.05, 4.69) is 25.6 Å². The lowest BCUT2D eigenvalue weighted by Crippen LogP contribution is -2.35. The minimum atomic E-state index is -4.45. The molecule has 2 aromatic heterocycles. The Morgan fingerprint density at radius 3 is 2.81 bits per heavy atom. The van der Waals surface area contributed by atoms with Crippen molar-refractivity contribution < 1.29 is 18.0 Å². The topological polar surface area (TPSA) is 83.0 Å². The monoisotopic (exact) mass is 380 g/mol. The van der Waals surface area contributed by atoms with Gasteiger partial charge in [-0.05, 0) is 31.7 Å². The third kappa shape index (κ3) is 4.70. The van der Waals surface area contributed by atoms with Crippen LogP contribution in [0.4, 0.5) is 24.9 Å². The van der Waals surface area contributed by atoms with Gasteiger partial charge in [0.15, 0.2) is 0 Å². The maximum atomic E-state index is 12.8. The number of carbonyl (C=O) groups excluding carboxylic acids is 1. The van der Waals surface area contributed by atoms with Crippen LogP contribution in [-0.4, -0.2) is 52.4 Å². The van der Waals surface area contributed by atoms with Crippen molar-refractivity contribution in [1.82, 2.24) is 25.2 Å². The molecule has 2 N–H and O–H groups in total. The Morgan fingerprint density at radius 1 is 1.30 bits per heavy atom. The number of rotatable bonds is 5. The molecule has 0 spiro atoms. The third-order valence-corrected chi connectivity index (χ3v) is 4.29. The number of likely N-dealkylation sites (tertiary alicyclic amines) is 1. The molecule has 10 heteroatoms. The van der Waals surface area contributed by atoms with Crippen molar-refractivity contribution in [3.05, 3.63) is 41.9 Å². The third-order valence-electron chi connectivity index (χ3n) is 4.29. The van der Waals surface area contributed by atoms with Crippen molar-refractivity contribution in [2.24, 2.45) is 0 Å². The summed E-state index contributed by atoms with van der Waals surface area (Å²) < 4.78 is 38.4. The van der Waals surface area contributed by atoms with E-state index < -0.39 is 11.7 Å². The molecule has 27 heavy (non-hydrogen) atoms. The van der Waals surface area contributed by atoms with Crippen LogP contribution >= 0.6 is 0 Å². The van der Waals surface area contributed by atoms with Gasteiger partial charge in [-0.1, -0.05) is 0 Å². The normalized spacial score (nSPS) is 17.2. The molecule has 1 amide bonds. The summed E-state index contributed by atoms with van der Waals surface area (Å²) in [6.45, 7) is 1.48. The molecule has 3 heterocycles. The van der Waals surface area contributed by atoms with Gasteiger partial charge < -0.3 is 15.5 Å². The second-order valence-electron chi connectivity index (χ2n) is 6.21. The molecule has 1 atom stereocenters. The minimum absolute atomic E-state index is 0.0132. The number of alkyl halides is 3. The van der Waals surface area contributed by atoms with Crippen LogP contribution in [0.25, 0.3) is 0 Å². The summed E-state index contributed by atoms with van der Waals surface area (Å²) in [5.41, 5.74) is -0.0649. The number of likely N-dealkylation sites (N-methyl/N-ethyl adjacent to an activating group) is 1. The van der Waals surface area contributed by atoms with E-state index in [1.807, 2.05) is 0 Å². The summed E-state index contributed by atoms with van der Waals surface area (Å²) in [6, 6.07) is 3.56. The summed E-state index contributed by atoms with van der Waals surface area (Å²) in [5, 5.41) is 5.55. The fraction of sp³-hybridized carbons (Fsp3) is 0.412. The van der Waals surface area contributed by atoms with E-state index in [-0.39, 0.29) is 30.1 Å². The number of carbonyl (C=O) groups is 1. The van der Waals surface area contributed by atoms with E-state index in [0.717, 1.165) is 30.4 Å². The fourth-order valence-corrected chi connectivity index (χ4v) is 2.94. The Morgan fingerprint density at radius 2 is 2.07 bits per heavy atom. The predicted molar refractivity (Wildman–Crippen MR) is 92.4 cm³/mol. The second kappa shape index (κ2) is 7.87. The number of halogens is 3. The Labute approximate surface area is 154 Å². The molecule has 0 radical (unpaired) electrons. The molecule has 1 saturated heterocycles. The highest BCUT2D eigenvalue weighted by Gasteiger charge is 2.31. The van der Waals surface area contributed by atoms with Gasteiger partial charge in [-0.15, -0.1) is 0 Å². The lowest BCUT2D eigenvalue weighted by atomic mass is 10.1. The van der Waals surface area contributed by atoms with E-state index in [4.69, 9.17) is 0 Å². The number of anilines is 2. The number of nitrogens with one attached hydrogen (secondary N) is 2. The smallest absolute Gasteiger partial charge is 0.341 e. The maximum absolute atomic E-state index is 12.8. The van der Waals surface area contributed by atoms with Gasteiger partial charge in [0, 0.05) is 31.4 Å². The van der Waals surface area contributed by atoms with Crippen molar-refractivity contribution in [3.63, 3.8) is 0 Å². The van der Waals surface area contributed by atoms with Crippen molar-refractivity contribution in [2.45, 2.75) is 18.5 Å². The Hall–Kier alpha value is -2.75. The molecule has 0 aliphatic carbocycles. The van der Waals surface area contributed by atoms with Gasteiger partial charge in [0.25, 0.3) is 0 Å². The summed E-state index contributed by atoms with van der Waals surface area (Å²) in [4.78, 5) is 26.0. The van der Waals surface area contributed by atoms with Gasteiger partial charge in [-0.2, -0.15) is 13.2 Å². The maximum Gasteiger partial charge on any atom is 0.416 e. The van der Waals surface area contributed by atoms with E-state index in [0.29, 0.717) is 13.1 Å². The van der Waals surface area contributed by atoms with E-state index >= 15 is 0 Å². The molecular weight excluding hydrogens is 361 g/mol. The first-order chi connectivity index (χ1) is 12.9. The van der Waals surface area contributed by atoms with Crippen LogP contribution in [0.1, 0.15) is 23.6 Å². The zero-order chi connectivity index (χ0) is 19.4. The fourth-order valence-electron chi connectivity index (χ4n) is 2.94. The average molecular weight is 380 g/mol. The molecule has 2 aromatic rings. The van der Waals surface area contributed by atoms with Gasteiger partial charge in [0.1, 0.15) is 5.82 Å². The molecule has 3 rings (SSSR count). The lowest BCUT2D eigenvalue weighted by Gasteiger charge is -2.16. The first-order valence-electron chi connectivity index (χ1n) is 8.42. The molecule has 144 valence electrons. The van der Waals surface area contributed by atoms with Crippen LogP contribution in [0.2, 0.25) is 0 Å². The number of amides is 1. The Balaban J connectivity index is 1.71. The minimum Gasteiger partial charge on any atom is -0.341 e. The van der Waals surface area contributed by atoms with Crippen LogP contribution in [0.15, 0.2) is 30.6 Å². The van der Waals surface area contributed by atoms with E-state index in [9.17, 15) is 18.0 Å². The van der Waals surface area contributed by atoms with Gasteiger partial charge in [0.2, 0.25) is 11.9 Å². The largest absolute Gasteiger partial charge is 0.416 e. The van der Waals surface area contributed by atoms with Crippen molar-refractivity contribution >= 4 is 17.7 Å². The molecular formula is C17H19F3N6O. The Bertz CT molecular complexity index is 813. The quantitative estimate of drug-likeness (QED) is 0.827. The molecule has 0 bridgehead atoms. The first kappa shape index (κ1) is 19.0. The highest BCUT2D eigenvalue weighted by atomic mass is 19.4. The number of nitrogens with zero attached hydrogens (tertiary/aromatic N) is 4. The van der Waals surface area contributed by atoms with Crippen LogP contribution in [0, 0.1) is 0 Å². The number of hydrogen-bond acceptors (Lipinski definition) is 6. The summed E-state index contributed by atoms with van der Waals surface area (Å²) in [6.07, 6.45) is -1.06. The van der Waals surface area contributed by atoms with Gasteiger partial charge in [-0.3, -0.25) is 4.79 Å². The standard InChI is InChI=1S/C17H19F3N6O/c1-21-9-15(27)26-7-4-11(10-26)13-3-6-23-16(24-13)25-14-8-12(2-5-22-14)17(18,19)20/h2-3,5-6,8,11,21H,4,7,9-10H2,1H3,(H,22,23,24,25)/t11-/m1/s1. The average Bonchev–Trinajstić information content (AvgIpc) is 3.12. The molecule has 7 nitrogen and oxygen atoms in total. The number of pyridine rings is 1. The molecule has 1 fully saturated rings. The zero-order valence-corrected chi connectivity index (χ0v) is 14.6. The zero-order valence-electron chi connectivity index (χ0n) is 14.6. The molecule has 0 aromatic carbocycles. The van der Waals surface area contributed by atoms with Gasteiger partial charge in [0.05, 0.1) is 17.8 Å². The highest BCUT2D eigenvalue weighted by Crippen LogP contribution is 2.30. The second-order valence-corrected chi connectivity index (χ2v) is 6.21. The highest BCUT2D eigenvalue weighted by molar-refractivity contribution is 5.78. The van der Waals surface area contributed by atoms with Crippen LogP contribution in [0.5, 0.6) is 0 Å². The number of aromatic nitrogens is 3. The van der Waals surface area contributed by atoms with Gasteiger partial charge >= 0.3 is 6.18 Å². The van der Waals surface area contributed by atoms with Crippen LogP contribution in [0.3, 0.4) is 0 Å². The summed E-state index contributed by atoms with van der Waals surface area (Å²) in [7, 11) is 1.72. The van der Waals surface area contributed by atoms with Gasteiger partial charge in [-0.25, -0.2) is 15.0 Å². The molecule has 0 saturated carbocycles. The molecule has 1 aliphatic heterocycles. The van der Waals surface area contributed by atoms with Crippen molar-refractivity contribution in [1.29, 1.82) is 0 Å². The number of hydrogen-bond donors (Lipinski definition) is 2. The Kier molecular flexibility index (Phi) is 5.54. The van der Waals surface area contributed by atoms with E-state index in [1.54, 1.807) is 18.0 Å². The summed E-state index contributed by atoms with van der Waals surface area (Å²) in [5.74, 6) is 0.267. The summed E-state index contributed by atoms with van der Waals surface area (Å²) >= 11 is 0. The van der Waals surface area contributed by atoms with Crippen molar-refractivity contribution in [2.75, 3.05) is 32.0 Å². The SMILES string of the molecule is CNCC(=O)N1CC[C@@H](c2ccnc(Nc3cc(C(F)(F)F)ccn3)n2)C1. The first-order valence-corrected chi connectivity index (χ1v) is 8.42.